The van der Waals surface area contributed by atoms with E-state index in [-0.39, 0.29) is 0 Å². The van der Waals surface area contributed by atoms with Gasteiger partial charge >= 0.3 is 62.0 Å². The summed E-state index contributed by atoms with van der Waals surface area (Å²) in [6.07, 6.45) is -36.2. The van der Waals surface area contributed by atoms with E-state index in [1.54, 1.807) is 0 Å². The molecule has 0 fully saturated rings. The van der Waals surface area contributed by atoms with Crippen LogP contribution >= 0.6 is 10.1 Å². The van der Waals surface area contributed by atoms with Crippen molar-refractivity contribution in [2.24, 2.45) is 0 Å². The second-order valence-corrected chi connectivity index (χ2v) is 7.41. The molecule has 3 heterocycles. The van der Waals surface area contributed by atoms with Gasteiger partial charge in [-0.15, -0.1) is 0 Å². The van der Waals surface area contributed by atoms with Gasteiger partial charge in [0, 0.05) is 0 Å². The van der Waals surface area contributed by atoms with Crippen molar-refractivity contribution in [3.05, 3.63) is 52.4 Å². The van der Waals surface area contributed by atoms with Crippen molar-refractivity contribution in [2.45, 2.75) is 37.1 Å². The zero-order valence-electron chi connectivity index (χ0n) is 18.5. The van der Waals surface area contributed by atoms with Gasteiger partial charge in [0.15, 0.2) is 17.1 Å². The van der Waals surface area contributed by atoms with E-state index in [0.717, 1.165) is 0 Å². The Morgan fingerprint density at radius 2 is 0.619 bits per heavy atom. The topological polar surface area (TPSA) is 53.5 Å². The normalized spacial score (nSPS) is 13.9. The van der Waals surface area contributed by atoms with Gasteiger partial charge in [-0.2, -0.15) is 79.0 Å². The minimum atomic E-state index is -6.15. The van der Waals surface area contributed by atoms with Crippen LogP contribution in [0.4, 0.5) is 79.0 Å². The molecule has 6 nitrogen and oxygen atoms in total. The summed E-state index contributed by atoms with van der Waals surface area (Å²) >= 11 is 3.03. The van der Waals surface area contributed by atoms with Crippen LogP contribution in [0.1, 0.15) is 34.2 Å². The number of hydrogen-bond acceptors (Lipinski definition) is 3. The van der Waals surface area contributed by atoms with Crippen LogP contribution in [0.3, 0.4) is 0 Å². The quantitative estimate of drug-likeness (QED) is 0.217. The first-order valence-electron chi connectivity index (χ1n) is 9.48. The molecule has 0 atom stereocenters. The molecule has 3 aromatic heterocycles. The van der Waals surface area contributed by atoms with E-state index in [4.69, 9.17) is 0 Å². The third kappa shape index (κ3) is 7.41. The molecule has 0 aliphatic rings. The number of alkyl halides is 18. The van der Waals surface area contributed by atoms with Gasteiger partial charge in [-0.1, -0.05) is 0 Å². The van der Waals surface area contributed by atoms with Crippen LogP contribution in [-0.2, 0) is 51.9 Å². The van der Waals surface area contributed by atoms with Gasteiger partial charge in [-0.05, 0) is 18.2 Å². The van der Waals surface area contributed by atoms with Crippen molar-refractivity contribution in [1.29, 1.82) is 0 Å². The van der Waals surface area contributed by atoms with Crippen LogP contribution in [-0.4, -0.2) is 36.2 Å². The first kappa shape index (κ1) is 35.4. The van der Waals surface area contributed by atoms with Crippen molar-refractivity contribution in [1.82, 2.24) is 29.1 Å². The van der Waals surface area contributed by atoms with Crippen molar-refractivity contribution in [3.63, 3.8) is 0 Å². The summed E-state index contributed by atoms with van der Waals surface area (Å²) in [7, 11) is 0.265. The van der Waals surface area contributed by atoms with E-state index in [9.17, 15) is 79.0 Å². The van der Waals surface area contributed by atoms with E-state index < -0.39 is 110 Å². The van der Waals surface area contributed by atoms with Crippen LogP contribution in [0.5, 0.6) is 0 Å². The maximum atomic E-state index is 13.6. The Morgan fingerprint density at radius 3 is 0.762 bits per heavy atom. The summed E-state index contributed by atoms with van der Waals surface area (Å²) in [6.45, 7) is 0. The predicted molar refractivity (Wildman–Crippen MR) is 94.5 cm³/mol. The monoisotopic (exact) mass is 714 g/mol. The summed E-state index contributed by atoms with van der Waals surface area (Å²) in [5, 5.41) is 6.73. The SMILES string of the molecule is FC(F)(F)c1cc(C(F)(F)F)n([B-](n2nc(C(F)(F)F)cc2C(F)(F)F)n2nc(C(F)(F)F)cc2C(F)(F)F)n1.[Cl][Co+]. The molecule has 0 bridgehead atoms. The first-order valence-corrected chi connectivity index (χ1v) is 10.9. The fourth-order valence-corrected chi connectivity index (χ4v) is 3.07. The summed E-state index contributed by atoms with van der Waals surface area (Å²) in [6, 6.07) is -2.89. The predicted octanol–water partition coefficient (Wildman–Crippen LogP) is 7.01. The second-order valence-electron chi connectivity index (χ2n) is 7.41. The maximum absolute atomic E-state index is 13.6. The van der Waals surface area contributed by atoms with Gasteiger partial charge < -0.3 is 13.8 Å². The zero-order chi connectivity index (χ0) is 33.0. The number of aromatic nitrogens is 6. The summed E-state index contributed by atoms with van der Waals surface area (Å²) in [5.74, 6) is 0. The molecule has 0 aliphatic heterocycles. The second kappa shape index (κ2) is 11.1. The van der Waals surface area contributed by atoms with Gasteiger partial charge in [0.1, 0.15) is 17.1 Å². The van der Waals surface area contributed by atoms with Crippen LogP contribution in [0.15, 0.2) is 18.2 Å². The van der Waals surface area contributed by atoms with E-state index in [0.29, 0.717) is 0 Å². The molecule has 27 heteroatoms. The Hall–Kier alpha value is -2.77. The number of halogens is 19. The van der Waals surface area contributed by atoms with Crippen LogP contribution in [0.2, 0.25) is 0 Å². The third-order valence-electron chi connectivity index (χ3n) is 4.61. The molecule has 1 radical (unpaired) electrons. The van der Waals surface area contributed by atoms with Gasteiger partial charge in [-0.3, -0.25) is 0 Å². The Balaban J connectivity index is 0.00000301. The van der Waals surface area contributed by atoms with Crippen molar-refractivity contribution >= 4 is 17.3 Å². The molecule has 3 aromatic rings. The molecular weight excluding hydrogens is 711 g/mol. The van der Waals surface area contributed by atoms with Gasteiger partial charge in [0.2, 0.25) is 0 Å². The zero-order valence-corrected chi connectivity index (χ0v) is 20.3. The van der Waals surface area contributed by atoms with Gasteiger partial charge in [0.25, 0.3) is 7.12 Å². The van der Waals surface area contributed by atoms with Crippen molar-refractivity contribution < 1.29 is 93.9 Å². The first-order chi connectivity index (χ1) is 18.6. The van der Waals surface area contributed by atoms with Crippen molar-refractivity contribution in [2.75, 3.05) is 0 Å². The van der Waals surface area contributed by atoms with Gasteiger partial charge in [-0.25, -0.2) is 15.3 Å². The molecule has 0 amide bonds. The van der Waals surface area contributed by atoms with E-state index in [2.05, 4.69) is 40.3 Å². The molecule has 0 spiro atoms. The Labute approximate surface area is 230 Å². The fraction of sp³-hybridized carbons (Fsp3) is 0.400. The molecule has 0 N–H and O–H groups in total. The molecule has 238 valence electrons. The standard InChI is InChI=1S/C15H3BF18N6.ClH.Co/c17-10(18,19)4-1-7(13(26,27)28)38(35-4)16(39-8(14(29,30)31)2-5(36-39)11(20,21)22)40-9(15(32,33)34)3-6(37-40)12(23,24)25;;/h1-3H;1H;/q-1;;+2/p-1. The van der Waals surface area contributed by atoms with E-state index >= 15 is 0 Å². The number of nitrogens with zero attached hydrogens (tertiary/aromatic N) is 6. The fourth-order valence-electron chi connectivity index (χ4n) is 3.07. The summed E-state index contributed by atoms with van der Waals surface area (Å²) < 4.78 is 237. The molecular formula is C15H3BClCoF18N6. The van der Waals surface area contributed by atoms with Crippen LogP contribution in [0, 0.1) is 0 Å². The summed E-state index contributed by atoms with van der Waals surface area (Å²) in [5.41, 5.74) is -16.5. The Morgan fingerprint density at radius 1 is 0.429 bits per heavy atom. The van der Waals surface area contributed by atoms with Gasteiger partial charge in [0.05, 0.1) is 0 Å². The molecule has 0 aromatic carbocycles. The number of hydrogen-bond donors (Lipinski definition) is 0. The Kier molecular flexibility index (Phi) is 9.33. The van der Waals surface area contributed by atoms with Crippen molar-refractivity contribution in [3.8, 4) is 0 Å². The third-order valence-corrected chi connectivity index (χ3v) is 4.61. The molecule has 0 saturated heterocycles. The molecule has 42 heavy (non-hydrogen) atoms. The molecule has 0 aliphatic carbocycles. The molecule has 0 unspecified atom stereocenters. The van der Waals surface area contributed by atoms with E-state index in [1.165, 1.54) is 0 Å². The number of rotatable bonds is 3. The molecule has 3 rings (SSSR count). The minimum absolute atomic E-state index is 0.962. The molecule has 0 saturated carbocycles. The average molecular weight is 714 g/mol. The average Bonchev–Trinajstić information content (AvgIpc) is 3.50. The summed E-state index contributed by atoms with van der Waals surface area (Å²) in [4.78, 5) is 0. The van der Waals surface area contributed by atoms with Crippen LogP contribution in [0.25, 0.3) is 0 Å². The van der Waals surface area contributed by atoms with Crippen LogP contribution < -0.4 is 0 Å². The van der Waals surface area contributed by atoms with E-state index in [1.807, 2.05) is 0 Å². The Bertz CT molecular complexity index is 1220.